The van der Waals surface area contributed by atoms with Gasteiger partial charge in [0.05, 0.1) is 7.11 Å². The van der Waals surface area contributed by atoms with Crippen molar-refractivity contribution < 1.29 is 19.1 Å². The molecule has 130 valence electrons. The van der Waals surface area contributed by atoms with Gasteiger partial charge < -0.3 is 14.0 Å². The van der Waals surface area contributed by atoms with E-state index in [1.807, 2.05) is 48.1 Å². The number of carbonyl (C=O) groups is 2. The molecule has 5 heteroatoms. The summed E-state index contributed by atoms with van der Waals surface area (Å²) in [6.45, 7) is 0. The number of aromatic nitrogens is 1. The highest BCUT2D eigenvalue weighted by molar-refractivity contribution is 6.12. The third-order valence-corrected chi connectivity index (χ3v) is 4.74. The number of carbonyl (C=O) groups excluding carboxylic acids is 2. The van der Waals surface area contributed by atoms with E-state index in [2.05, 4.69) is 0 Å². The van der Waals surface area contributed by atoms with Crippen molar-refractivity contribution in [1.82, 2.24) is 4.57 Å². The molecule has 3 aromatic rings. The van der Waals surface area contributed by atoms with Crippen LogP contribution in [0, 0.1) is 0 Å². The molecule has 0 spiro atoms. The zero-order chi connectivity index (χ0) is 18.3. The number of methoxy groups -OCH3 is 1. The molecule has 2 aromatic carbocycles. The average molecular weight is 347 g/mol. The van der Waals surface area contributed by atoms with E-state index >= 15 is 0 Å². The fourth-order valence-corrected chi connectivity index (χ4v) is 3.58. The number of benzene rings is 2. The third kappa shape index (κ3) is 2.17. The SMILES string of the molecule is COC(=O)[C@]1(c2ccccc2)OC(=O)C=C1c1cn(C)c2ccccc12. The van der Waals surface area contributed by atoms with Crippen LogP contribution in [0.2, 0.25) is 0 Å². The molecule has 0 amide bonds. The fraction of sp³-hybridized carbons (Fsp3) is 0.143. The number of nitrogens with zero attached hydrogens (tertiary/aromatic N) is 1. The van der Waals surface area contributed by atoms with Crippen LogP contribution < -0.4 is 0 Å². The molecule has 0 bridgehead atoms. The van der Waals surface area contributed by atoms with Gasteiger partial charge >= 0.3 is 11.9 Å². The Morgan fingerprint density at radius 3 is 2.50 bits per heavy atom. The van der Waals surface area contributed by atoms with Crippen molar-refractivity contribution in [3.05, 3.63) is 78.0 Å². The van der Waals surface area contributed by atoms with Gasteiger partial charge in [-0.05, 0) is 6.07 Å². The summed E-state index contributed by atoms with van der Waals surface area (Å²) in [5.41, 5.74) is 1.18. The summed E-state index contributed by atoms with van der Waals surface area (Å²) in [4.78, 5) is 25.1. The molecule has 1 aliphatic heterocycles. The van der Waals surface area contributed by atoms with Gasteiger partial charge in [-0.25, -0.2) is 9.59 Å². The molecule has 5 nitrogen and oxygen atoms in total. The monoisotopic (exact) mass is 347 g/mol. The van der Waals surface area contributed by atoms with Gasteiger partial charge in [0.2, 0.25) is 0 Å². The molecule has 4 rings (SSSR count). The summed E-state index contributed by atoms with van der Waals surface area (Å²) in [6, 6.07) is 16.8. The Balaban J connectivity index is 2.02. The number of hydrogen-bond donors (Lipinski definition) is 0. The predicted molar refractivity (Wildman–Crippen MR) is 97.1 cm³/mol. The summed E-state index contributed by atoms with van der Waals surface area (Å²) in [5, 5.41) is 0.934. The summed E-state index contributed by atoms with van der Waals surface area (Å²) in [6.07, 6.45) is 3.28. The Bertz CT molecular complexity index is 1050. The highest BCUT2D eigenvalue weighted by atomic mass is 16.6. The zero-order valence-corrected chi connectivity index (χ0v) is 14.4. The van der Waals surface area contributed by atoms with Crippen LogP contribution in [0.3, 0.4) is 0 Å². The van der Waals surface area contributed by atoms with Gasteiger partial charge in [0, 0.05) is 46.9 Å². The van der Waals surface area contributed by atoms with E-state index < -0.39 is 17.5 Å². The Morgan fingerprint density at radius 2 is 1.77 bits per heavy atom. The Kier molecular flexibility index (Phi) is 3.65. The number of cyclic esters (lactones) is 1. The van der Waals surface area contributed by atoms with E-state index in [0.29, 0.717) is 11.1 Å². The Morgan fingerprint density at radius 1 is 1.08 bits per heavy atom. The first-order chi connectivity index (χ1) is 12.6. The highest BCUT2D eigenvalue weighted by Gasteiger charge is 2.53. The first-order valence-electron chi connectivity index (χ1n) is 8.21. The van der Waals surface area contributed by atoms with Crippen molar-refractivity contribution >= 4 is 28.4 Å². The van der Waals surface area contributed by atoms with Crippen molar-refractivity contribution in [2.45, 2.75) is 5.60 Å². The molecular formula is C21H17NO4. The zero-order valence-electron chi connectivity index (χ0n) is 14.4. The van der Waals surface area contributed by atoms with E-state index in [0.717, 1.165) is 16.5 Å². The van der Waals surface area contributed by atoms with Gasteiger partial charge in [-0.3, -0.25) is 0 Å². The van der Waals surface area contributed by atoms with Gasteiger partial charge in [0.25, 0.3) is 5.60 Å². The molecule has 0 N–H and O–H groups in total. The Hall–Kier alpha value is -3.34. The van der Waals surface area contributed by atoms with Crippen LogP contribution in [0.5, 0.6) is 0 Å². The molecular weight excluding hydrogens is 330 g/mol. The number of hydrogen-bond acceptors (Lipinski definition) is 4. The van der Waals surface area contributed by atoms with Crippen LogP contribution in [-0.2, 0) is 31.7 Å². The third-order valence-electron chi connectivity index (χ3n) is 4.74. The number of esters is 2. The van der Waals surface area contributed by atoms with Crippen LogP contribution in [0.25, 0.3) is 16.5 Å². The van der Waals surface area contributed by atoms with Gasteiger partial charge in [0.15, 0.2) is 0 Å². The van der Waals surface area contributed by atoms with Crippen molar-refractivity contribution in [3.63, 3.8) is 0 Å². The molecule has 0 unspecified atom stereocenters. The summed E-state index contributed by atoms with van der Waals surface area (Å²) in [7, 11) is 3.21. The average Bonchev–Trinajstić information content (AvgIpc) is 3.20. The van der Waals surface area contributed by atoms with Crippen molar-refractivity contribution in [2.24, 2.45) is 7.05 Å². The maximum atomic E-state index is 12.9. The quantitative estimate of drug-likeness (QED) is 0.683. The molecule has 0 radical (unpaired) electrons. The largest absolute Gasteiger partial charge is 0.466 e. The first-order valence-corrected chi connectivity index (χ1v) is 8.21. The smallest absolute Gasteiger partial charge is 0.360 e. The van der Waals surface area contributed by atoms with E-state index in [1.165, 1.54) is 13.2 Å². The highest BCUT2D eigenvalue weighted by Crippen LogP contribution is 2.46. The summed E-state index contributed by atoms with van der Waals surface area (Å²) >= 11 is 0. The number of para-hydroxylation sites is 1. The van der Waals surface area contributed by atoms with E-state index in [4.69, 9.17) is 9.47 Å². The fourth-order valence-electron chi connectivity index (χ4n) is 3.58. The minimum absolute atomic E-state index is 0.484. The van der Waals surface area contributed by atoms with Gasteiger partial charge in [-0.1, -0.05) is 48.5 Å². The second-order valence-corrected chi connectivity index (χ2v) is 6.19. The normalized spacial score (nSPS) is 19.3. The van der Waals surface area contributed by atoms with Gasteiger partial charge in [-0.15, -0.1) is 0 Å². The summed E-state index contributed by atoms with van der Waals surface area (Å²) < 4.78 is 12.6. The molecule has 1 atom stereocenters. The van der Waals surface area contributed by atoms with E-state index in [9.17, 15) is 9.59 Å². The molecule has 1 aliphatic rings. The molecule has 2 heterocycles. The molecule has 1 aromatic heterocycles. The van der Waals surface area contributed by atoms with Gasteiger partial charge in [-0.2, -0.15) is 0 Å². The summed E-state index contributed by atoms with van der Waals surface area (Å²) in [5.74, 6) is -1.20. The number of ether oxygens (including phenoxy) is 2. The van der Waals surface area contributed by atoms with Gasteiger partial charge in [0.1, 0.15) is 0 Å². The van der Waals surface area contributed by atoms with Crippen LogP contribution in [0.15, 0.2) is 66.9 Å². The number of aryl methyl sites for hydroxylation is 1. The molecule has 0 saturated heterocycles. The predicted octanol–water partition coefficient (Wildman–Crippen LogP) is 3.19. The number of fused-ring (bicyclic) bond motifs is 1. The molecule has 0 aliphatic carbocycles. The molecule has 26 heavy (non-hydrogen) atoms. The van der Waals surface area contributed by atoms with Crippen LogP contribution in [-0.4, -0.2) is 23.6 Å². The molecule has 0 saturated carbocycles. The second-order valence-electron chi connectivity index (χ2n) is 6.19. The first kappa shape index (κ1) is 16.1. The minimum atomic E-state index is -1.61. The van der Waals surface area contributed by atoms with Crippen molar-refractivity contribution in [3.8, 4) is 0 Å². The lowest BCUT2D eigenvalue weighted by atomic mass is 9.83. The lowest BCUT2D eigenvalue weighted by Crippen LogP contribution is -2.39. The number of rotatable bonds is 3. The topological polar surface area (TPSA) is 57.5 Å². The lowest BCUT2D eigenvalue weighted by molar-refractivity contribution is -0.169. The standard InChI is InChI=1S/C21H17NO4/c1-22-13-16(15-10-6-7-11-18(15)22)17-12-19(23)26-21(17,20(24)25-2)14-8-4-3-5-9-14/h3-13H,1-2H3/t21-/m1/s1. The van der Waals surface area contributed by atoms with Crippen molar-refractivity contribution in [2.75, 3.05) is 7.11 Å². The second kappa shape index (κ2) is 5.88. The molecule has 0 fully saturated rings. The maximum absolute atomic E-state index is 12.9. The van der Waals surface area contributed by atoms with E-state index in [1.54, 1.807) is 24.3 Å². The van der Waals surface area contributed by atoms with Crippen LogP contribution in [0.1, 0.15) is 11.1 Å². The van der Waals surface area contributed by atoms with Crippen molar-refractivity contribution in [1.29, 1.82) is 0 Å². The maximum Gasteiger partial charge on any atom is 0.360 e. The minimum Gasteiger partial charge on any atom is -0.466 e. The Labute approximate surface area is 150 Å². The lowest BCUT2D eigenvalue weighted by Gasteiger charge is -2.28. The van der Waals surface area contributed by atoms with E-state index in [-0.39, 0.29) is 0 Å². The van der Waals surface area contributed by atoms with Crippen LogP contribution >= 0.6 is 0 Å². The van der Waals surface area contributed by atoms with Crippen LogP contribution in [0.4, 0.5) is 0 Å².